The summed E-state index contributed by atoms with van der Waals surface area (Å²) in [5.74, 6) is 0.285. The Hall–Kier alpha value is -0.980. The summed E-state index contributed by atoms with van der Waals surface area (Å²) in [5.41, 5.74) is 5.60. The van der Waals surface area contributed by atoms with Crippen LogP contribution >= 0.6 is 11.3 Å². The van der Waals surface area contributed by atoms with Crippen molar-refractivity contribution in [2.24, 2.45) is 11.7 Å². The van der Waals surface area contributed by atoms with Crippen molar-refractivity contribution >= 4 is 17.2 Å². The molecule has 0 bridgehead atoms. The van der Waals surface area contributed by atoms with Crippen LogP contribution in [0.2, 0.25) is 0 Å². The number of nitrogens with zero attached hydrogens (tertiary/aromatic N) is 3. The first-order chi connectivity index (χ1) is 9.04. The first-order valence-electron chi connectivity index (χ1n) is 6.73. The molecule has 1 aliphatic rings. The molecule has 0 spiro atoms. The van der Waals surface area contributed by atoms with Gasteiger partial charge in [0.1, 0.15) is 10.7 Å². The molecule has 0 aromatic carbocycles. The van der Waals surface area contributed by atoms with E-state index in [-0.39, 0.29) is 0 Å². The number of hydrogen-bond donors (Lipinski definition) is 1. The molecule has 2 heterocycles. The summed E-state index contributed by atoms with van der Waals surface area (Å²) in [6, 6.07) is 0. The molecule has 106 valence electrons. The van der Waals surface area contributed by atoms with Crippen molar-refractivity contribution < 1.29 is 4.79 Å². The number of carbonyl (C=O) groups excluding carboxylic acids is 1. The highest BCUT2D eigenvalue weighted by Crippen LogP contribution is 2.14. The molecule has 0 saturated carbocycles. The van der Waals surface area contributed by atoms with Gasteiger partial charge in [-0.2, -0.15) is 0 Å². The van der Waals surface area contributed by atoms with E-state index in [1.54, 1.807) is 5.38 Å². The highest BCUT2D eigenvalue weighted by atomic mass is 32.1. The van der Waals surface area contributed by atoms with Crippen LogP contribution in [0.25, 0.3) is 0 Å². The third-order valence-electron chi connectivity index (χ3n) is 3.25. The van der Waals surface area contributed by atoms with Crippen molar-refractivity contribution in [3.8, 4) is 0 Å². The third-order valence-corrected chi connectivity index (χ3v) is 4.08. The Kier molecular flexibility index (Phi) is 4.90. The number of thiazole rings is 1. The molecule has 1 aromatic rings. The van der Waals surface area contributed by atoms with Gasteiger partial charge in [-0.1, -0.05) is 13.8 Å². The summed E-state index contributed by atoms with van der Waals surface area (Å²) in [6.45, 7) is 10.9. The number of hydrogen-bond acceptors (Lipinski definition) is 5. The van der Waals surface area contributed by atoms with Gasteiger partial charge in [0.2, 0.25) is 0 Å². The van der Waals surface area contributed by atoms with E-state index < -0.39 is 5.91 Å². The summed E-state index contributed by atoms with van der Waals surface area (Å²) in [7, 11) is 0. The zero-order valence-electron chi connectivity index (χ0n) is 11.6. The van der Waals surface area contributed by atoms with E-state index in [0.717, 1.165) is 43.6 Å². The van der Waals surface area contributed by atoms with E-state index in [2.05, 4.69) is 28.6 Å². The minimum atomic E-state index is -0.441. The van der Waals surface area contributed by atoms with Crippen LogP contribution in [0.3, 0.4) is 0 Å². The van der Waals surface area contributed by atoms with Gasteiger partial charge in [0.05, 0.1) is 6.54 Å². The molecule has 0 unspecified atom stereocenters. The SMILES string of the molecule is CC(C)CN1CCN(Cc2nc(C(N)=O)cs2)CC1. The van der Waals surface area contributed by atoms with Crippen molar-refractivity contribution in [3.63, 3.8) is 0 Å². The monoisotopic (exact) mass is 282 g/mol. The fourth-order valence-corrected chi connectivity index (χ4v) is 3.16. The largest absolute Gasteiger partial charge is 0.364 e. The Morgan fingerprint density at radius 1 is 1.37 bits per heavy atom. The van der Waals surface area contributed by atoms with Gasteiger partial charge >= 0.3 is 0 Å². The number of piperazine rings is 1. The average Bonchev–Trinajstić information content (AvgIpc) is 2.80. The molecule has 1 aliphatic heterocycles. The van der Waals surface area contributed by atoms with Gasteiger partial charge in [-0.15, -0.1) is 11.3 Å². The lowest BCUT2D eigenvalue weighted by molar-refractivity contribution is 0.0995. The predicted octanol–water partition coefficient (Wildman–Crippen LogP) is 1.02. The molecule has 0 aliphatic carbocycles. The van der Waals surface area contributed by atoms with Crippen molar-refractivity contribution in [2.45, 2.75) is 20.4 Å². The number of carbonyl (C=O) groups is 1. The average molecular weight is 282 g/mol. The normalized spacial score (nSPS) is 18.1. The highest BCUT2D eigenvalue weighted by molar-refractivity contribution is 7.09. The van der Waals surface area contributed by atoms with Crippen LogP contribution in [-0.2, 0) is 6.54 Å². The van der Waals surface area contributed by atoms with Gasteiger partial charge in [-0.3, -0.25) is 9.69 Å². The summed E-state index contributed by atoms with van der Waals surface area (Å²) >= 11 is 1.52. The standard InChI is InChI=1S/C13H22N4OS/c1-10(2)7-16-3-5-17(6-4-16)8-12-15-11(9-19-12)13(14)18/h9-10H,3-8H2,1-2H3,(H2,14,18). The molecule has 1 saturated heterocycles. The van der Waals surface area contributed by atoms with E-state index >= 15 is 0 Å². The van der Waals surface area contributed by atoms with Crippen molar-refractivity contribution in [2.75, 3.05) is 32.7 Å². The van der Waals surface area contributed by atoms with Crippen LogP contribution in [0.5, 0.6) is 0 Å². The lowest BCUT2D eigenvalue weighted by Gasteiger charge is -2.35. The minimum absolute atomic E-state index is 0.387. The fourth-order valence-electron chi connectivity index (χ4n) is 2.33. The number of nitrogens with two attached hydrogens (primary N) is 1. The molecule has 0 radical (unpaired) electrons. The fraction of sp³-hybridized carbons (Fsp3) is 0.692. The number of amides is 1. The molecule has 0 atom stereocenters. The van der Waals surface area contributed by atoms with E-state index in [0.29, 0.717) is 5.69 Å². The second-order valence-electron chi connectivity index (χ2n) is 5.46. The van der Waals surface area contributed by atoms with Gasteiger partial charge in [-0.05, 0) is 5.92 Å². The maximum absolute atomic E-state index is 11.0. The smallest absolute Gasteiger partial charge is 0.268 e. The molecule has 1 fully saturated rings. The Morgan fingerprint density at radius 3 is 2.53 bits per heavy atom. The number of primary amides is 1. The molecule has 19 heavy (non-hydrogen) atoms. The summed E-state index contributed by atoms with van der Waals surface area (Å²) in [6.07, 6.45) is 0. The number of rotatable bonds is 5. The van der Waals surface area contributed by atoms with Crippen LogP contribution in [0, 0.1) is 5.92 Å². The number of aromatic nitrogens is 1. The topological polar surface area (TPSA) is 62.5 Å². The lowest BCUT2D eigenvalue weighted by atomic mass is 10.2. The van der Waals surface area contributed by atoms with E-state index in [4.69, 9.17) is 5.73 Å². The van der Waals surface area contributed by atoms with Crippen LogP contribution in [0.1, 0.15) is 29.3 Å². The van der Waals surface area contributed by atoms with Crippen LogP contribution in [0.4, 0.5) is 0 Å². The molecule has 2 N–H and O–H groups in total. The predicted molar refractivity (Wildman–Crippen MR) is 77.2 cm³/mol. The van der Waals surface area contributed by atoms with Crippen molar-refractivity contribution in [3.05, 3.63) is 16.1 Å². The molecular formula is C13H22N4OS. The zero-order valence-corrected chi connectivity index (χ0v) is 12.4. The molecule has 2 rings (SSSR count). The molecule has 5 nitrogen and oxygen atoms in total. The van der Waals surface area contributed by atoms with Crippen molar-refractivity contribution in [1.82, 2.24) is 14.8 Å². The van der Waals surface area contributed by atoms with Crippen molar-refractivity contribution in [1.29, 1.82) is 0 Å². The second kappa shape index (κ2) is 6.45. The molecule has 1 amide bonds. The Balaban J connectivity index is 1.80. The maximum Gasteiger partial charge on any atom is 0.268 e. The van der Waals surface area contributed by atoms with Gasteiger partial charge in [0.15, 0.2) is 0 Å². The third kappa shape index (κ3) is 4.26. The van der Waals surface area contributed by atoms with Gasteiger partial charge in [-0.25, -0.2) is 4.98 Å². The zero-order chi connectivity index (χ0) is 13.8. The molecule has 1 aromatic heterocycles. The quantitative estimate of drug-likeness (QED) is 0.875. The first kappa shape index (κ1) is 14.4. The second-order valence-corrected chi connectivity index (χ2v) is 6.40. The Morgan fingerprint density at radius 2 is 2.00 bits per heavy atom. The van der Waals surface area contributed by atoms with E-state index in [9.17, 15) is 4.79 Å². The van der Waals surface area contributed by atoms with Gasteiger partial charge < -0.3 is 10.6 Å². The Labute approximate surface area is 118 Å². The van der Waals surface area contributed by atoms with Gasteiger partial charge in [0.25, 0.3) is 5.91 Å². The van der Waals surface area contributed by atoms with Crippen LogP contribution in [-0.4, -0.2) is 53.4 Å². The Bertz CT molecular complexity index is 424. The van der Waals surface area contributed by atoms with Crippen LogP contribution < -0.4 is 5.73 Å². The minimum Gasteiger partial charge on any atom is -0.364 e. The summed E-state index contributed by atoms with van der Waals surface area (Å²) < 4.78 is 0. The van der Waals surface area contributed by atoms with E-state index in [1.165, 1.54) is 17.9 Å². The molecular weight excluding hydrogens is 260 g/mol. The van der Waals surface area contributed by atoms with E-state index in [1.807, 2.05) is 0 Å². The maximum atomic E-state index is 11.0. The molecule has 6 heteroatoms. The lowest BCUT2D eigenvalue weighted by Crippen LogP contribution is -2.46. The van der Waals surface area contributed by atoms with Gasteiger partial charge in [0, 0.05) is 38.1 Å². The van der Waals surface area contributed by atoms with Crippen LogP contribution in [0.15, 0.2) is 5.38 Å². The first-order valence-corrected chi connectivity index (χ1v) is 7.61. The summed E-state index contributed by atoms with van der Waals surface area (Å²) in [5, 5.41) is 2.72. The summed E-state index contributed by atoms with van der Waals surface area (Å²) in [4.78, 5) is 20.2. The highest BCUT2D eigenvalue weighted by Gasteiger charge is 2.18.